The first-order chi connectivity index (χ1) is 11.1. The fourth-order valence-electron chi connectivity index (χ4n) is 2.00. The van der Waals surface area contributed by atoms with Gasteiger partial charge in [-0.25, -0.2) is 4.79 Å². The van der Waals surface area contributed by atoms with Crippen LogP contribution in [0, 0.1) is 18.3 Å². The standard InChI is InChI=1S/C19H17NO3/c1-14-5-3-4-6-16(14)13-23-19(21)17(12-20)11-15-7-9-18(22-2)10-8-15/h3-11H,13H2,1-2H3/b17-11+. The van der Waals surface area contributed by atoms with Crippen LogP contribution in [0.2, 0.25) is 0 Å². The summed E-state index contributed by atoms with van der Waals surface area (Å²) < 4.78 is 10.3. The van der Waals surface area contributed by atoms with E-state index in [1.807, 2.05) is 37.3 Å². The minimum atomic E-state index is -0.633. The summed E-state index contributed by atoms with van der Waals surface area (Å²) in [4.78, 5) is 12.0. The molecule has 0 unspecified atom stereocenters. The van der Waals surface area contributed by atoms with Gasteiger partial charge in [-0.2, -0.15) is 5.26 Å². The lowest BCUT2D eigenvalue weighted by Gasteiger charge is -2.07. The first-order valence-corrected chi connectivity index (χ1v) is 7.11. The van der Waals surface area contributed by atoms with Crippen molar-refractivity contribution in [3.8, 4) is 11.8 Å². The zero-order valence-electron chi connectivity index (χ0n) is 13.1. The zero-order valence-corrected chi connectivity index (χ0v) is 13.1. The fraction of sp³-hybridized carbons (Fsp3) is 0.158. The molecule has 2 aromatic carbocycles. The first-order valence-electron chi connectivity index (χ1n) is 7.11. The molecule has 0 spiro atoms. The molecule has 0 atom stereocenters. The summed E-state index contributed by atoms with van der Waals surface area (Å²) in [6.07, 6.45) is 1.50. The molecule has 0 bridgehead atoms. The number of hydrogen-bond donors (Lipinski definition) is 0. The SMILES string of the molecule is COc1ccc(/C=C(\C#N)C(=O)OCc2ccccc2C)cc1. The summed E-state index contributed by atoms with van der Waals surface area (Å²) in [6.45, 7) is 2.09. The number of rotatable bonds is 5. The van der Waals surface area contributed by atoms with Crippen LogP contribution in [0.1, 0.15) is 16.7 Å². The maximum Gasteiger partial charge on any atom is 0.349 e. The van der Waals surface area contributed by atoms with E-state index in [9.17, 15) is 4.79 Å². The molecule has 0 saturated carbocycles. The number of aryl methyl sites for hydroxylation is 1. The lowest BCUT2D eigenvalue weighted by molar-refractivity contribution is -0.139. The Morgan fingerprint density at radius 2 is 1.87 bits per heavy atom. The molecule has 0 aliphatic heterocycles. The minimum Gasteiger partial charge on any atom is -0.497 e. The average Bonchev–Trinajstić information content (AvgIpc) is 2.59. The third-order valence-corrected chi connectivity index (χ3v) is 3.39. The summed E-state index contributed by atoms with van der Waals surface area (Å²) in [7, 11) is 1.58. The number of esters is 1. The molecule has 0 amide bonds. The molecule has 0 radical (unpaired) electrons. The second-order valence-corrected chi connectivity index (χ2v) is 4.95. The molecule has 116 valence electrons. The number of benzene rings is 2. The molecule has 0 fully saturated rings. The third kappa shape index (κ3) is 4.45. The van der Waals surface area contributed by atoms with E-state index >= 15 is 0 Å². The third-order valence-electron chi connectivity index (χ3n) is 3.39. The van der Waals surface area contributed by atoms with Crippen molar-refractivity contribution < 1.29 is 14.3 Å². The van der Waals surface area contributed by atoms with E-state index in [0.29, 0.717) is 5.75 Å². The van der Waals surface area contributed by atoms with Crippen molar-refractivity contribution in [3.63, 3.8) is 0 Å². The van der Waals surface area contributed by atoms with Crippen molar-refractivity contribution in [2.24, 2.45) is 0 Å². The number of nitriles is 1. The van der Waals surface area contributed by atoms with Crippen LogP contribution in [0.15, 0.2) is 54.1 Å². The molecule has 2 aromatic rings. The Kier molecular flexibility index (Phi) is 5.54. The Bertz CT molecular complexity index is 755. The molecule has 2 rings (SSSR count). The Balaban J connectivity index is 2.07. The second kappa shape index (κ2) is 7.81. The van der Waals surface area contributed by atoms with Gasteiger partial charge < -0.3 is 9.47 Å². The van der Waals surface area contributed by atoms with E-state index in [4.69, 9.17) is 14.7 Å². The van der Waals surface area contributed by atoms with E-state index in [1.54, 1.807) is 31.4 Å². The van der Waals surface area contributed by atoms with Crippen molar-refractivity contribution in [1.29, 1.82) is 5.26 Å². The molecular weight excluding hydrogens is 290 g/mol. The van der Waals surface area contributed by atoms with Gasteiger partial charge in [0.05, 0.1) is 7.11 Å². The van der Waals surface area contributed by atoms with Gasteiger partial charge in [0.1, 0.15) is 24.0 Å². The average molecular weight is 307 g/mol. The van der Waals surface area contributed by atoms with Crippen LogP contribution < -0.4 is 4.74 Å². The van der Waals surface area contributed by atoms with Crippen molar-refractivity contribution >= 4 is 12.0 Å². The lowest BCUT2D eigenvalue weighted by atomic mass is 10.1. The highest BCUT2D eigenvalue weighted by atomic mass is 16.5. The van der Waals surface area contributed by atoms with E-state index in [1.165, 1.54) is 6.08 Å². The molecule has 0 saturated heterocycles. The number of ether oxygens (including phenoxy) is 2. The second-order valence-electron chi connectivity index (χ2n) is 4.95. The van der Waals surface area contributed by atoms with Gasteiger partial charge in [0.25, 0.3) is 0 Å². The van der Waals surface area contributed by atoms with Crippen molar-refractivity contribution in [2.45, 2.75) is 13.5 Å². The summed E-state index contributed by atoms with van der Waals surface area (Å²) >= 11 is 0. The van der Waals surface area contributed by atoms with E-state index in [0.717, 1.165) is 16.7 Å². The first kappa shape index (κ1) is 16.3. The maximum absolute atomic E-state index is 12.0. The number of nitrogens with zero attached hydrogens (tertiary/aromatic N) is 1. The predicted octanol–water partition coefficient (Wildman–Crippen LogP) is 3.65. The van der Waals surface area contributed by atoms with Crippen LogP contribution in [0.5, 0.6) is 5.75 Å². The van der Waals surface area contributed by atoms with Crippen LogP contribution in [0.3, 0.4) is 0 Å². The van der Waals surface area contributed by atoms with Crippen LogP contribution in [0.25, 0.3) is 6.08 Å². The van der Waals surface area contributed by atoms with Gasteiger partial charge in [0.15, 0.2) is 0 Å². The van der Waals surface area contributed by atoms with Crippen LogP contribution in [-0.2, 0) is 16.1 Å². The van der Waals surface area contributed by atoms with Gasteiger partial charge in [-0.05, 0) is 41.8 Å². The Hall–Kier alpha value is -3.06. The highest BCUT2D eigenvalue weighted by Crippen LogP contribution is 2.15. The molecule has 0 aromatic heterocycles. The lowest BCUT2D eigenvalue weighted by Crippen LogP contribution is -2.07. The smallest absolute Gasteiger partial charge is 0.349 e. The normalized spacial score (nSPS) is 10.7. The number of carbonyl (C=O) groups excluding carboxylic acids is 1. The quantitative estimate of drug-likeness (QED) is 0.480. The summed E-state index contributed by atoms with van der Waals surface area (Å²) in [6, 6.07) is 16.6. The highest BCUT2D eigenvalue weighted by molar-refractivity contribution is 5.97. The van der Waals surface area contributed by atoms with Crippen molar-refractivity contribution in [2.75, 3.05) is 7.11 Å². The maximum atomic E-state index is 12.0. The molecule has 0 aliphatic rings. The summed E-state index contributed by atoms with van der Waals surface area (Å²) in [5.74, 6) is 0.0781. The monoisotopic (exact) mass is 307 g/mol. The molecule has 0 heterocycles. The molecule has 0 aliphatic carbocycles. The van der Waals surface area contributed by atoms with Crippen LogP contribution in [-0.4, -0.2) is 13.1 Å². The predicted molar refractivity (Wildman–Crippen MR) is 87.6 cm³/mol. The molecule has 0 N–H and O–H groups in total. The molecule has 23 heavy (non-hydrogen) atoms. The fourth-order valence-corrected chi connectivity index (χ4v) is 2.00. The Morgan fingerprint density at radius 1 is 1.17 bits per heavy atom. The van der Waals surface area contributed by atoms with Crippen LogP contribution in [0.4, 0.5) is 0 Å². The number of hydrogen-bond acceptors (Lipinski definition) is 4. The minimum absolute atomic E-state index is 0.0382. The zero-order chi connectivity index (χ0) is 16.7. The van der Waals surface area contributed by atoms with Gasteiger partial charge in [0, 0.05) is 0 Å². The summed E-state index contributed by atoms with van der Waals surface area (Å²) in [5.41, 5.74) is 2.65. The number of methoxy groups -OCH3 is 1. The van der Waals surface area contributed by atoms with E-state index < -0.39 is 5.97 Å². The topological polar surface area (TPSA) is 59.3 Å². The van der Waals surface area contributed by atoms with Gasteiger partial charge in [-0.3, -0.25) is 0 Å². The van der Waals surface area contributed by atoms with Crippen LogP contribution >= 0.6 is 0 Å². The Labute approximate surface area is 135 Å². The van der Waals surface area contributed by atoms with Crippen molar-refractivity contribution in [1.82, 2.24) is 0 Å². The van der Waals surface area contributed by atoms with E-state index in [-0.39, 0.29) is 12.2 Å². The summed E-state index contributed by atoms with van der Waals surface area (Å²) in [5, 5.41) is 9.17. The van der Waals surface area contributed by atoms with E-state index in [2.05, 4.69) is 0 Å². The molecule has 4 heteroatoms. The molecule has 4 nitrogen and oxygen atoms in total. The largest absolute Gasteiger partial charge is 0.497 e. The number of carbonyl (C=O) groups is 1. The van der Waals surface area contributed by atoms with Gasteiger partial charge in [0.2, 0.25) is 0 Å². The van der Waals surface area contributed by atoms with Crippen molar-refractivity contribution in [3.05, 3.63) is 70.8 Å². The molecular formula is C19H17NO3. The Morgan fingerprint density at radius 3 is 2.48 bits per heavy atom. The van der Waals surface area contributed by atoms with Gasteiger partial charge in [-0.15, -0.1) is 0 Å². The highest BCUT2D eigenvalue weighted by Gasteiger charge is 2.11. The van der Waals surface area contributed by atoms with Gasteiger partial charge in [-0.1, -0.05) is 36.4 Å². The van der Waals surface area contributed by atoms with Gasteiger partial charge >= 0.3 is 5.97 Å².